The minimum atomic E-state index is -0.338. The molecule has 0 aliphatic heterocycles. The zero-order valence-corrected chi connectivity index (χ0v) is 17.1. The molecule has 5 nitrogen and oxygen atoms in total. The number of carbonyl (C=O) groups excluding carboxylic acids is 2. The molecule has 2 aromatic carbocycles. The lowest BCUT2D eigenvalue weighted by Gasteiger charge is -2.06. The van der Waals surface area contributed by atoms with E-state index in [0.29, 0.717) is 24.5 Å². The fraction of sp³-hybridized carbons (Fsp3) is 0.333. The highest BCUT2D eigenvalue weighted by Crippen LogP contribution is 2.14. The summed E-state index contributed by atoms with van der Waals surface area (Å²) in [5.41, 5.74) is 2.00. The van der Waals surface area contributed by atoms with Crippen LogP contribution in [0, 0.1) is 0 Å². The maximum absolute atomic E-state index is 12.1. The lowest BCUT2D eigenvalue weighted by Crippen LogP contribution is -2.09. The highest BCUT2D eigenvalue weighted by atomic mass is 16.5. The molecule has 2 rings (SSSR count). The maximum atomic E-state index is 12.1. The molecule has 0 unspecified atom stereocenters. The minimum absolute atomic E-state index is 0.245. The van der Waals surface area contributed by atoms with Gasteiger partial charge in [0.25, 0.3) is 0 Å². The number of rotatable bonds is 11. The van der Waals surface area contributed by atoms with Crippen LogP contribution in [0.1, 0.15) is 55.5 Å². The molecule has 29 heavy (non-hydrogen) atoms. The van der Waals surface area contributed by atoms with Gasteiger partial charge >= 0.3 is 5.97 Å². The third kappa shape index (κ3) is 8.21. The maximum Gasteiger partial charge on any atom is 0.338 e. The fourth-order valence-corrected chi connectivity index (χ4v) is 2.66. The van der Waals surface area contributed by atoms with Crippen molar-refractivity contribution >= 4 is 23.6 Å². The number of anilines is 1. The van der Waals surface area contributed by atoms with Crippen molar-refractivity contribution in [3.05, 3.63) is 65.7 Å². The molecule has 2 aromatic rings. The predicted octanol–water partition coefficient (Wildman–Crippen LogP) is 5.47. The van der Waals surface area contributed by atoms with E-state index in [9.17, 15) is 9.59 Å². The highest BCUT2D eigenvalue weighted by molar-refractivity contribution is 6.02. The fourth-order valence-electron chi connectivity index (χ4n) is 2.66. The zero-order chi connectivity index (χ0) is 20.9. The molecular formula is C24H29NO4. The van der Waals surface area contributed by atoms with Gasteiger partial charge < -0.3 is 14.8 Å². The largest absolute Gasteiger partial charge is 0.494 e. The number of unbranched alkanes of at least 4 members (excludes halogenated alkanes) is 3. The van der Waals surface area contributed by atoms with Crippen LogP contribution in [0.25, 0.3) is 6.08 Å². The van der Waals surface area contributed by atoms with Gasteiger partial charge in [-0.1, -0.05) is 38.3 Å². The molecule has 0 spiro atoms. The molecule has 0 aliphatic rings. The van der Waals surface area contributed by atoms with Crippen LogP contribution in [0.15, 0.2) is 54.6 Å². The first-order valence-corrected chi connectivity index (χ1v) is 10.1. The second-order valence-electron chi connectivity index (χ2n) is 6.60. The van der Waals surface area contributed by atoms with Crippen molar-refractivity contribution in [3.63, 3.8) is 0 Å². The van der Waals surface area contributed by atoms with E-state index in [2.05, 4.69) is 12.2 Å². The van der Waals surface area contributed by atoms with Crippen molar-refractivity contribution in [2.45, 2.75) is 39.5 Å². The van der Waals surface area contributed by atoms with Gasteiger partial charge in [0, 0.05) is 11.8 Å². The van der Waals surface area contributed by atoms with E-state index in [1.165, 1.54) is 6.08 Å². The summed E-state index contributed by atoms with van der Waals surface area (Å²) in [4.78, 5) is 24.1. The summed E-state index contributed by atoms with van der Waals surface area (Å²) in [5, 5.41) is 2.77. The first-order chi connectivity index (χ1) is 14.1. The average Bonchev–Trinajstić information content (AvgIpc) is 2.74. The summed E-state index contributed by atoms with van der Waals surface area (Å²) in [6, 6.07) is 14.2. The number of benzene rings is 2. The van der Waals surface area contributed by atoms with Crippen LogP contribution in [0.3, 0.4) is 0 Å². The third-order valence-electron chi connectivity index (χ3n) is 4.24. The first-order valence-electron chi connectivity index (χ1n) is 10.1. The van der Waals surface area contributed by atoms with E-state index in [-0.39, 0.29) is 11.9 Å². The molecule has 0 aliphatic carbocycles. The van der Waals surface area contributed by atoms with Gasteiger partial charge in [-0.3, -0.25) is 4.79 Å². The molecule has 5 heteroatoms. The standard InChI is InChI=1S/C24H29NO4/c1-3-5-6-7-18-29-24(27)20-11-13-21(14-12-20)25-23(26)17-10-19-8-15-22(16-9-19)28-4-2/h8-17H,3-7,18H2,1-2H3,(H,25,26)/b17-10+. The van der Waals surface area contributed by atoms with Crippen LogP contribution in [-0.2, 0) is 9.53 Å². The van der Waals surface area contributed by atoms with Gasteiger partial charge in [-0.2, -0.15) is 0 Å². The van der Waals surface area contributed by atoms with Crippen LogP contribution in [0.5, 0.6) is 5.75 Å². The molecule has 0 atom stereocenters. The summed E-state index contributed by atoms with van der Waals surface area (Å²) < 4.78 is 10.7. The van der Waals surface area contributed by atoms with E-state index in [1.54, 1.807) is 30.3 Å². The van der Waals surface area contributed by atoms with Crippen molar-refractivity contribution in [1.82, 2.24) is 0 Å². The normalized spacial score (nSPS) is 10.7. The molecule has 0 bridgehead atoms. The van der Waals surface area contributed by atoms with Gasteiger partial charge in [0.2, 0.25) is 5.91 Å². The molecule has 0 saturated carbocycles. The van der Waals surface area contributed by atoms with E-state index in [1.807, 2.05) is 31.2 Å². The second kappa shape index (κ2) is 12.4. The Balaban J connectivity index is 1.80. The Morgan fingerprint density at radius 2 is 1.66 bits per heavy atom. The molecule has 1 N–H and O–H groups in total. The van der Waals surface area contributed by atoms with E-state index >= 15 is 0 Å². The van der Waals surface area contributed by atoms with Crippen LogP contribution in [0.4, 0.5) is 5.69 Å². The number of ether oxygens (including phenoxy) is 2. The average molecular weight is 395 g/mol. The van der Waals surface area contributed by atoms with Gasteiger partial charge in [0.1, 0.15) is 5.75 Å². The topological polar surface area (TPSA) is 64.6 Å². The lowest BCUT2D eigenvalue weighted by atomic mass is 10.2. The Hall–Kier alpha value is -3.08. The summed E-state index contributed by atoms with van der Waals surface area (Å²) in [7, 11) is 0. The van der Waals surface area contributed by atoms with Crippen LogP contribution in [-0.4, -0.2) is 25.1 Å². The Bertz CT molecular complexity index is 795. The van der Waals surface area contributed by atoms with Crippen molar-refractivity contribution in [2.24, 2.45) is 0 Å². The van der Waals surface area contributed by atoms with Crippen LogP contribution < -0.4 is 10.1 Å². The SMILES string of the molecule is CCCCCCOC(=O)c1ccc(NC(=O)/C=C/c2ccc(OCC)cc2)cc1. The number of hydrogen-bond donors (Lipinski definition) is 1. The first kappa shape index (κ1) is 22.2. The van der Waals surface area contributed by atoms with Gasteiger partial charge in [0.15, 0.2) is 0 Å². The van der Waals surface area contributed by atoms with Gasteiger partial charge in [-0.15, -0.1) is 0 Å². The molecular weight excluding hydrogens is 366 g/mol. The molecule has 1 amide bonds. The minimum Gasteiger partial charge on any atom is -0.494 e. The van der Waals surface area contributed by atoms with Crippen molar-refractivity contribution < 1.29 is 19.1 Å². The van der Waals surface area contributed by atoms with E-state index < -0.39 is 0 Å². The predicted molar refractivity (Wildman–Crippen MR) is 116 cm³/mol. The number of nitrogens with one attached hydrogen (secondary N) is 1. The number of hydrogen-bond acceptors (Lipinski definition) is 4. The van der Waals surface area contributed by atoms with Crippen molar-refractivity contribution in [2.75, 3.05) is 18.5 Å². The van der Waals surface area contributed by atoms with Crippen LogP contribution in [0.2, 0.25) is 0 Å². The molecule has 154 valence electrons. The molecule has 0 saturated heterocycles. The second-order valence-corrected chi connectivity index (χ2v) is 6.60. The quantitative estimate of drug-likeness (QED) is 0.311. The summed E-state index contributed by atoms with van der Waals surface area (Å²) in [6.45, 7) is 5.13. The molecule has 0 aromatic heterocycles. The van der Waals surface area contributed by atoms with Gasteiger partial charge in [-0.25, -0.2) is 4.79 Å². The van der Waals surface area contributed by atoms with E-state index in [4.69, 9.17) is 9.47 Å². The van der Waals surface area contributed by atoms with E-state index in [0.717, 1.165) is 37.0 Å². The van der Waals surface area contributed by atoms with Crippen molar-refractivity contribution in [1.29, 1.82) is 0 Å². The molecule has 0 heterocycles. The third-order valence-corrected chi connectivity index (χ3v) is 4.24. The Kier molecular flexibility index (Phi) is 9.49. The lowest BCUT2D eigenvalue weighted by molar-refractivity contribution is -0.111. The smallest absolute Gasteiger partial charge is 0.338 e. The Morgan fingerprint density at radius 1 is 0.931 bits per heavy atom. The summed E-state index contributed by atoms with van der Waals surface area (Å²) in [5.74, 6) is 0.216. The number of amides is 1. The van der Waals surface area contributed by atoms with Gasteiger partial charge in [-0.05, 0) is 61.4 Å². The van der Waals surface area contributed by atoms with Gasteiger partial charge in [0.05, 0.1) is 18.8 Å². The highest BCUT2D eigenvalue weighted by Gasteiger charge is 2.07. The Labute approximate surface area is 172 Å². The molecule has 0 radical (unpaired) electrons. The van der Waals surface area contributed by atoms with Crippen LogP contribution >= 0.6 is 0 Å². The summed E-state index contributed by atoms with van der Waals surface area (Å²) >= 11 is 0. The number of carbonyl (C=O) groups is 2. The van der Waals surface area contributed by atoms with Crippen molar-refractivity contribution in [3.8, 4) is 5.75 Å². The number of esters is 1. The molecule has 0 fully saturated rings. The zero-order valence-electron chi connectivity index (χ0n) is 17.1. The Morgan fingerprint density at radius 3 is 2.31 bits per heavy atom. The monoisotopic (exact) mass is 395 g/mol. The summed E-state index contributed by atoms with van der Waals surface area (Å²) in [6.07, 6.45) is 7.45.